The van der Waals surface area contributed by atoms with Crippen LogP contribution in [0.2, 0.25) is 0 Å². The van der Waals surface area contributed by atoms with Crippen molar-refractivity contribution in [2.75, 3.05) is 18.5 Å². The number of nitrogens with zero attached hydrogens (tertiary/aromatic N) is 2. The Morgan fingerprint density at radius 2 is 2.25 bits per heavy atom. The zero-order valence-electron chi connectivity index (χ0n) is 7.59. The summed E-state index contributed by atoms with van der Waals surface area (Å²) < 4.78 is 5.09. The molecule has 0 aliphatic rings. The summed E-state index contributed by atoms with van der Waals surface area (Å²) in [6.07, 6.45) is 5.17. The van der Waals surface area contributed by atoms with Crippen LogP contribution in [0.1, 0.15) is 11.3 Å². The molecule has 0 saturated carbocycles. The molecule has 0 amide bonds. The van der Waals surface area contributed by atoms with Crippen molar-refractivity contribution in [3.8, 4) is 12.3 Å². The maximum Gasteiger partial charge on any atom is 0.230 e. The molecule has 3 nitrogen and oxygen atoms in total. The highest BCUT2D eigenvalue weighted by molar-refractivity contribution is 5.45. The lowest BCUT2D eigenvalue weighted by molar-refractivity contribution is 0.417. The van der Waals surface area contributed by atoms with Gasteiger partial charge in [-0.3, -0.25) is 0 Å². The van der Waals surface area contributed by atoms with Crippen LogP contribution in [0.5, 0.6) is 0 Å². The summed E-state index contributed by atoms with van der Waals surface area (Å²) in [6.45, 7) is 4.41. The fourth-order valence-corrected chi connectivity index (χ4v) is 0.968. The highest BCUT2D eigenvalue weighted by Gasteiger charge is 2.11. The van der Waals surface area contributed by atoms with Gasteiger partial charge in [0, 0.05) is 12.6 Å². The SMILES string of the molecule is C#CCN(C)c1onc(C)c1C. The molecule has 0 atom stereocenters. The fourth-order valence-electron chi connectivity index (χ4n) is 0.968. The normalized spacial score (nSPS) is 9.50. The molecule has 0 unspecified atom stereocenters. The maximum absolute atomic E-state index is 5.17. The first-order chi connectivity index (χ1) is 5.66. The Balaban J connectivity index is 2.89. The van der Waals surface area contributed by atoms with E-state index in [1.165, 1.54) is 0 Å². The molecule has 1 aromatic heterocycles. The van der Waals surface area contributed by atoms with Crippen LogP contribution in [0, 0.1) is 26.2 Å². The average Bonchev–Trinajstić information content (AvgIpc) is 2.34. The number of aromatic nitrogens is 1. The monoisotopic (exact) mass is 164 g/mol. The third kappa shape index (κ3) is 1.42. The molecule has 0 bridgehead atoms. The Hall–Kier alpha value is -1.43. The van der Waals surface area contributed by atoms with Crippen LogP contribution in [-0.2, 0) is 0 Å². The molecule has 0 radical (unpaired) electrons. The zero-order chi connectivity index (χ0) is 9.14. The minimum Gasteiger partial charge on any atom is -0.338 e. The summed E-state index contributed by atoms with van der Waals surface area (Å²) in [5.41, 5.74) is 1.96. The molecule has 1 heterocycles. The number of terminal acetylenes is 1. The van der Waals surface area contributed by atoms with E-state index < -0.39 is 0 Å². The molecule has 0 N–H and O–H groups in total. The van der Waals surface area contributed by atoms with Crippen LogP contribution >= 0.6 is 0 Å². The van der Waals surface area contributed by atoms with Crippen molar-refractivity contribution in [2.24, 2.45) is 0 Å². The Labute approximate surface area is 72.3 Å². The lowest BCUT2D eigenvalue weighted by Crippen LogP contribution is -2.17. The van der Waals surface area contributed by atoms with Crippen LogP contribution in [0.4, 0.5) is 5.88 Å². The van der Waals surface area contributed by atoms with Crippen LogP contribution < -0.4 is 4.90 Å². The quantitative estimate of drug-likeness (QED) is 0.618. The summed E-state index contributed by atoms with van der Waals surface area (Å²) in [7, 11) is 1.88. The largest absolute Gasteiger partial charge is 0.338 e. The number of rotatable bonds is 2. The van der Waals surface area contributed by atoms with Gasteiger partial charge < -0.3 is 9.42 Å². The van der Waals surface area contributed by atoms with E-state index in [1.54, 1.807) is 0 Å². The molecule has 64 valence electrons. The van der Waals surface area contributed by atoms with Gasteiger partial charge in [-0.1, -0.05) is 11.1 Å². The number of anilines is 1. The van der Waals surface area contributed by atoms with E-state index >= 15 is 0 Å². The van der Waals surface area contributed by atoms with E-state index in [0.29, 0.717) is 6.54 Å². The van der Waals surface area contributed by atoms with Crippen molar-refractivity contribution in [2.45, 2.75) is 13.8 Å². The van der Waals surface area contributed by atoms with Gasteiger partial charge in [0.1, 0.15) is 0 Å². The third-order valence-corrected chi connectivity index (χ3v) is 1.81. The summed E-state index contributed by atoms with van der Waals surface area (Å²) in [5, 5.41) is 3.83. The molecule has 3 heteroatoms. The molecule has 1 rings (SSSR count). The van der Waals surface area contributed by atoms with Gasteiger partial charge in [-0.25, -0.2) is 0 Å². The fraction of sp³-hybridized carbons (Fsp3) is 0.444. The Morgan fingerprint density at radius 3 is 2.67 bits per heavy atom. The predicted molar refractivity (Wildman–Crippen MR) is 48.1 cm³/mol. The van der Waals surface area contributed by atoms with Gasteiger partial charge in [-0.05, 0) is 13.8 Å². The first kappa shape index (κ1) is 8.66. The molecule has 1 aromatic rings. The van der Waals surface area contributed by atoms with Gasteiger partial charge in [0.05, 0.1) is 12.2 Å². The van der Waals surface area contributed by atoms with Gasteiger partial charge in [0.15, 0.2) is 0 Å². The molecule has 0 aliphatic carbocycles. The molecule has 0 aliphatic heterocycles. The smallest absolute Gasteiger partial charge is 0.230 e. The Kier molecular flexibility index (Phi) is 2.39. The number of hydrogen-bond acceptors (Lipinski definition) is 3. The van der Waals surface area contributed by atoms with E-state index in [1.807, 2.05) is 25.8 Å². The maximum atomic E-state index is 5.17. The molecular formula is C9H12N2O. The van der Waals surface area contributed by atoms with E-state index in [4.69, 9.17) is 10.9 Å². The van der Waals surface area contributed by atoms with Gasteiger partial charge in [-0.2, -0.15) is 0 Å². The van der Waals surface area contributed by atoms with Crippen LogP contribution in [-0.4, -0.2) is 18.7 Å². The van der Waals surface area contributed by atoms with E-state index in [9.17, 15) is 0 Å². The lowest BCUT2D eigenvalue weighted by Gasteiger charge is -2.11. The second-order valence-corrected chi connectivity index (χ2v) is 2.76. The number of hydrogen-bond donors (Lipinski definition) is 0. The van der Waals surface area contributed by atoms with Crippen molar-refractivity contribution in [1.82, 2.24) is 5.16 Å². The van der Waals surface area contributed by atoms with Gasteiger partial charge in [0.2, 0.25) is 5.88 Å². The second-order valence-electron chi connectivity index (χ2n) is 2.76. The average molecular weight is 164 g/mol. The van der Waals surface area contributed by atoms with Gasteiger partial charge in [0.25, 0.3) is 0 Å². The van der Waals surface area contributed by atoms with Crippen LogP contribution in [0.3, 0.4) is 0 Å². The van der Waals surface area contributed by atoms with Crippen LogP contribution in [0.15, 0.2) is 4.52 Å². The highest BCUT2D eigenvalue weighted by atomic mass is 16.5. The van der Waals surface area contributed by atoms with E-state index in [0.717, 1.165) is 17.1 Å². The van der Waals surface area contributed by atoms with E-state index in [2.05, 4.69) is 11.1 Å². The molecule has 12 heavy (non-hydrogen) atoms. The summed E-state index contributed by atoms with van der Waals surface area (Å²) >= 11 is 0. The van der Waals surface area contributed by atoms with Gasteiger partial charge >= 0.3 is 0 Å². The molecular weight excluding hydrogens is 152 g/mol. The van der Waals surface area contributed by atoms with Crippen molar-refractivity contribution >= 4 is 5.88 Å². The second kappa shape index (κ2) is 3.31. The van der Waals surface area contributed by atoms with Crippen LogP contribution in [0.25, 0.3) is 0 Å². The first-order valence-corrected chi connectivity index (χ1v) is 3.74. The first-order valence-electron chi connectivity index (χ1n) is 3.74. The Morgan fingerprint density at radius 1 is 1.58 bits per heavy atom. The molecule has 0 fully saturated rings. The summed E-state index contributed by atoms with van der Waals surface area (Å²) in [5.74, 6) is 3.30. The van der Waals surface area contributed by atoms with Crippen molar-refractivity contribution < 1.29 is 4.52 Å². The topological polar surface area (TPSA) is 29.3 Å². The van der Waals surface area contributed by atoms with Crippen molar-refractivity contribution in [1.29, 1.82) is 0 Å². The molecule has 0 saturated heterocycles. The highest BCUT2D eigenvalue weighted by Crippen LogP contribution is 2.20. The Bertz CT molecular complexity index is 309. The van der Waals surface area contributed by atoms with Crippen molar-refractivity contribution in [3.05, 3.63) is 11.3 Å². The predicted octanol–water partition coefficient (Wildman–Crippen LogP) is 1.36. The lowest BCUT2D eigenvalue weighted by atomic mass is 10.3. The minimum absolute atomic E-state index is 0.537. The van der Waals surface area contributed by atoms with E-state index in [-0.39, 0.29) is 0 Å². The summed E-state index contributed by atoms with van der Waals surface area (Å²) in [4.78, 5) is 1.86. The third-order valence-electron chi connectivity index (χ3n) is 1.81. The standard InChI is InChI=1S/C9H12N2O/c1-5-6-11(4)9-7(2)8(3)10-12-9/h1H,6H2,2-4H3. The molecule has 0 aromatic carbocycles. The number of aryl methyl sites for hydroxylation is 1. The summed E-state index contributed by atoms with van der Waals surface area (Å²) in [6, 6.07) is 0. The molecule has 0 spiro atoms. The van der Waals surface area contributed by atoms with Gasteiger partial charge in [-0.15, -0.1) is 6.42 Å². The zero-order valence-corrected chi connectivity index (χ0v) is 7.59. The van der Waals surface area contributed by atoms with Crippen molar-refractivity contribution in [3.63, 3.8) is 0 Å². The minimum atomic E-state index is 0.537.